The fourth-order valence-electron chi connectivity index (χ4n) is 8.17. The van der Waals surface area contributed by atoms with E-state index in [0.717, 1.165) is 11.1 Å². The van der Waals surface area contributed by atoms with Crippen LogP contribution in [0.15, 0.2) is 115 Å². The number of nitrogens with zero attached hydrogens (tertiary/aromatic N) is 2. The number of allylic oxidation sites excluding steroid dienone is 1. The van der Waals surface area contributed by atoms with Crippen molar-refractivity contribution < 1.29 is 33.8 Å². The second-order valence-corrected chi connectivity index (χ2v) is 13.8. The van der Waals surface area contributed by atoms with Gasteiger partial charge in [0.1, 0.15) is 23.7 Å². The average molecular weight is 690 g/mol. The quantitative estimate of drug-likeness (QED) is 0.285. The van der Waals surface area contributed by atoms with E-state index in [0.29, 0.717) is 24.9 Å². The van der Waals surface area contributed by atoms with Crippen molar-refractivity contribution in [2.45, 2.75) is 68.7 Å². The van der Waals surface area contributed by atoms with Crippen LogP contribution in [0.5, 0.6) is 0 Å². The number of benzene rings is 3. The molecule has 2 saturated heterocycles. The summed E-state index contributed by atoms with van der Waals surface area (Å²) in [6.45, 7) is 1.96. The Hall–Kier alpha value is -5.06. The number of esters is 1. The molecule has 4 aliphatic rings. The monoisotopic (exact) mass is 689 g/mol. The fourth-order valence-corrected chi connectivity index (χ4v) is 8.17. The lowest BCUT2D eigenvalue weighted by Crippen LogP contribution is -2.58. The van der Waals surface area contributed by atoms with Gasteiger partial charge in [-0.3, -0.25) is 19.2 Å². The fraction of sp³-hybridized carbons (Fsp3) is 0.366. The third-order valence-electron chi connectivity index (χ3n) is 10.5. The minimum Gasteiger partial charge on any atom is -0.455 e. The van der Waals surface area contributed by atoms with Gasteiger partial charge in [0.05, 0.1) is 30.7 Å². The number of carbonyl (C=O) groups excluding carboxylic acids is 4. The lowest BCUT2D eigenvalue weighted by Gasteiger charge is -2.38. The molecule has 3 amide bonds. The molecule has 10 heteroatoms. The van der Waals surface area contributed by atoms with Crippen molar-refractivity contribution >= 4 is 23.7 Å². The zero-order chi connectivity index (χ0) is 35.5. The number of aliphatic hydroxyl groups excluding tert-OH is 1. The summed E-state index contributed by atoms with van der Waals surface area (Å²) in [5, 5.41) is 13.8. The number of likely N-dealkylation sites (tertiary alicyclic amines) is 1. The molecular weight excluding hydrogens is 646 g/mol. The molecule has 3 aromatic rings. The SMILES string of the molecule is C[C@@H]1NC(=O)CC/C=C\[C@@H]2O[C@@]34C=CCN(Cc5ccccc5)C(=O)[C@@H]3N([C@@H](CO)Cc3ccccc3)C(=O)[C@H]4[C@@H]2C(=O)O[C@H]1c1ccccc1. The highest BCUT2D eigenvalue weighted by molar-refractivity contribution is 5.99. The maximum atomic E-state index is 15.0. The van der Waals surface area contributed by atoms with Crippen molar-refractivity contribution in [3.63, 3.8) is 0 Å². The summed E-state index contributed by atoms with van der Waals surface area (Å²) in [6, 6.07) is 25.8. The smallest absolute Gasteiger partial charge is 0.313 e. The summed E-state index contributed by atoms with van der Waals surface area (Å²) in [5.74, 6) is -3.84. The van der Waals surface area contributed by atoms with Gasteiger partial charge in [0.25, 0.3) is 0 Å². The first-order valence-corrected chi connectivity index (χ1v) is 17.7. The topological polar surface area (TPSA) is 125 Å². The third-order valence-corrected chi connectivity index (χ3v) is 10.5. The molecule has 2 N–H and O–H groups in total. The standard InChI is InChI=1S/C41H43N3O7/c1-27-36(30-18-9-4-10-19-30)50-40(49)34-32(20-11-12-21-33(46)42-27)51-41-22-13-23-43(25-29-16-7-3-8-17-29)39(48)37(41)44(38(47)35(34)41)31(26-45)24-28-14-5-2-6-15-28/h2-11,13-20,22,27,31-32,34-37,45H,12,21,23-26H2,1H3,(H,42,46)/b20-11-/t27-,31+,32-,34+,35+,36+,37-,41+/m0/s1. The van der Waals surface area contributed by atoms with Gasteiger partial charge in [-0.1, -0.05) is 115 Å². The van der Waals surface area contributed by atoms with Crippen LogP contribution in [-0.2, 0) is 41.6 Å². The predicted molar refractivity (Wildman–Crippen MR) is 188 cm³/mol. The Labute approximate surface area is 297 Å². The second kappa shape index (κ2) is 14.7. The van der Waals surface area contributed by atoms with Crippen LogP contribution in [0.25, 0.3) is 0 Å². The largest absolute Gasteiger partial charge is 0.455 e. The maximum Gasteiger partial charge on any atom is 0.313 e. The highest BCUT2D eigenvalue weighted by Crippen LogP contribution is 2.54. The number of cyclic esters (lactones) is 1. The Bertz CT molecular complexity index is 1800. The van der Waals surface area contributed by atoms with Gasteiger partial charge >= 0.3 is 5.97 Å². The molecule has 0 aromatic heterocycles. The molecule has 0 radical (unpaired) electrons. The predicted octanol–water partition coefficient (Wildman–Crippen LogP) is 3.91. The zero-order valence-electron chi connectivity index (χ0n) is 28.5. The van der Waals surface area contributed by atoms with Crippen molar-refractivity contribution in [3.8, 4) is 0 Å². The van der Waals surface area contributed by atoms with Crippen LogP contribution in [0.1, 0.15) is 42.6 Å². The number of rotatable bonds is 7. The Morgan fingerprint density at radius 3 is 2.24 bits per heavy atom. The third kappa shape index (κ3) is 6.61. The first-order valence-electron chi connectivity index (χ1n) is 17.7. The molecule has 1 spiro atoms. The van der Waals surface area contributed by atoms with Gasteiger partial charge in [0, 0.05) is 19.5 Å². The van der Waals surface area contributed by atoms with E-state index in [-0.39, 0.29) is 24.8 Å². The van der Waals surface area contributed by atoms with E-state index in [4.69, 9.17) is 9.47 Å². The number of fused-ring (bicyclic) bond motifs is 2. The van der Waals surface area contributed by atoms with Crippen molar-refractivity contribution in [1.82, 2.24) is 15.1 Å². The number of nitrogens with one attached hydrogen (secondary N) is 1. The number of amides is 3. The number of hydrogen-bond donors (Lipinski definition) is 2. The van der Waals surface area contributed by atoms with Crippen molar-refractivity contribution in [2.75, 3.05) is 13.2 Å². The van der Waals surface area contributed by atoms with Crippen LogP contribution in [0, 0.1) is 11.8 Å². The van der Waals surface area contributed by atoms with Gasteiger partial charge in [-0.05, 0) is 36.5 Å². The first-order chi connectivity index (χ1) is 24.8. The Kier molecular flexibility index (Phi) is 9.88. The van der Waals surface area contributed by atoms with Gasteiger partial charge in [-0.15, -0.1) is 0 Å². The van der Waals surface area contributed by atoms with Crippen LogP contribution < -0.4 is 5.32 Å². The minimum atomic E-state index is -1.52. The molecule has 264 valence electrons. The van der Waals surface area contributed by atoms with Gasteiger partial charge in [-0.25, -0.2) is 0 Å². The summed E-state index contributed by atoms with van der Waals surface area (Å²) in [4.78, 5) is 60.5. The van der Waals surface area contributed by atoms with Crippen LogP contribution in [0.2, 0.25) is 0 Å². The molecule has 7 rings (SSSR count). The first kappa shape index (κ1) is 34.4. The van der Waals surface area contributed by atoms with Gasteiger partial charge in [0.2, 0.25) is 17.7 Å². The van der Waals surface area contributed by atoms with E-state index in [2.05, 4.69) is 5.32 Å². The minimum absolute atomic E-state index is 0.181. The highest BCUT2D eigenvalue weighted by Gasteiger charge is 2.72. The Morgan fingerprint density at radius 2 is 1.55 bits per heavy atom. The number of carbonyl (C=O) groups is 4. The second-order valence-electron chi connectivity index (χ2n) is 13.8. The average Bonchev–Trinajstić information content (AvgIpc) is 3.54. The molecule has 51 heavy (non-hydrogen) atoms. The van der Waals surface area contributed by atoms with Gasteiger partial charge in [-0.2, -0.15) is 0 Å². The molecule has 2 fully saturated rings. The van der Waals surface area contributed by atoms with Crippen molar-refractivity contribution in [3.05, 3.63) is 132 Å². The lowest BCUT2D eigenvalue weighted by molar-refractivity contribution is -0.162. The highest BCUT2D eigenvalue weighted by atomic mass is 16.6. The van der Waals surface area contributed by atoms with Gasteiger partial charge < -0.3 is 29.7 Å². The molecular formula is C41H43N3O7. The summed E-state index contributed by atoms with van der Waals surface area (Å²) >= 11 is 0. The molecule has 0 bridgehead atoms. The molecule has 4 heterocycles. The van der Waals surface area contributed by atoms with Crippen LogP contribution >= 0.6 is 0 Å². The summed E-state index contributed by atoms with van der Waals surface area (Å²) < 4.78 is 13.2. The van der Waals surface area contributed by atoms with E-state index < -0.39 is 66.3 Å². The Morgan fingerprint density at radius 1 is 0.882 bits per heavy atom. The molecule has 0 aliphatic carbocycles. The summed E-state index contributed by atoms with van der Waals surface area (Å²) in [6.07, 6.45) is 6.28. The van der Waals surface area contributed by atoms with Crippen molar-refractivity contribution in [2.24, 2.45) is 11.8 Å². The van der Waals surface area contributed by atoms with Crippen LogP contribution in [-0.4, -0.2) is 81.6 Å². The van der Waals surface area contributed by atoms with Gasteiger partial charge in [0.15, 0.2) is 0 Å². The maximum absolute atomic E-state index is 15.0. The van der Waals surface area contributed by atoms with E-state index in [1.165, 1.54) is 4.90 Å². The van der Waals surface area contributed by atoms with E-state index >= 15 is 4.79 Å². The zero-order valence-corrected chi connectivity index (χ0v) is 28.5. The molecule has 0 unspecified atom stereocenters. The number of ether oxygens (including phenoxy) is 2. The molecule has 0 saturated carbocycles. The van der Waals surface area contributed by atoms with Crippen LogP contribution in [0.4, 0.5) is 0 Å². The van der Waals surface area contributed by atoms with Crippen LogP contribution in [0.3, 0.4) is 0 Å². The lowest BCUT2D eigenvalue weighted by atomic mass is 9.77. The molecule has 3 aromatic carbocycles. The molecule has 10 nitrogen and oxygen atoms in total. The summed E-state index contributed by atoms with van der Waals surface area (Å²) in [7, 11) is 0. The summed E-state index contributed by atoms with van der Waals surface area (Å²) in [5.41, 5.74) is 0.986. The molecule has 4 aliphatic heterocycles. The van der Waals surface area contributed by atoms with E-state index in [1.807, 2.05) is 97.1 Å². The van der Waals surface area contributed by atoms with E-state index in [1.54, 1.807) is 30.1 Å². The van der Waals surface area contributed by atoms with Crippen molar-refractivity contribution in [1.29, 1.82) is 0 Å². The normalized spacial score (nSPS) is 30.5. The van der Waals surface area contributed by atoms with E-state index in [9.17, 15) is 19.5 Å². The number of aliphatic hydroxyl groups is 1. The number of hydrogen-bond acceptors (Lipinski definition) is 7. The molecule has 8 atom stereocenters. The Balaban J connectivity index is 1.32.